The van der Waals surface area contributed by atoms with E-state index in [0.29, 0.717) is 6.04 Å². The molecule has 1 aliphatic rings. The average molecular weight is 371 g/mol. The summed E-state index contributed by atoms with van der Waals surface area (Å²) in [7, 11) is 0. The molecule has 1 aliphatic carbocycles. The second kappa shape index (κ2) is 6.18. The van der Waals surface area contributed by atoms with Gasteiger partial charge in [0.1, 0.15) is 0 Å². The third-order valence-electron chi connectivity index (χ3n) is 3.64. The van der Waals surface area contributed by atoms with Crippen LogP contribution in [0, 0.1) is 5.92 Å². The molecule has 20 heavy (non-hydrogen) atoms. The topological polar surface area (TPSA) is 12.0 Å². The molecule has 1 nitrogen and oxygen atoms in total. The monoisotopic (exact) mass is 369 g/mol. The summed E-state index contributed by atoms with van der Waals surface area (Å²) in [5, 5.41) is 4.43. The summed E-state index contributed by atoms with van der Waals surface area (Å²) in [5.41, 5.74) is 1.11. The molecule has 1 unspecified atom stereocenters. The Labute approximate surface area is 137 Å². The first-order valence-corrected chi connectivity index (χ1v) is 8.96. The molecule has 1 saturated carbocycles. The van der Waals surface area contributed by atoms with Gasteiger partial charge >= 0.3 is 0 Å². The Kier molecular flexibility index (Phi) is 4.51. The van der Waals surface area contributed by atoms with Crippen LogP contribution in [0.25, 0.3) is 10.4 Å². The van der Waals surface area contributed by atoms with Crippen LogP contribution in [0.3, 0.4) is 0 Å². The fourth-order valence-electron chi connectivity index (χ4n) is 2.50. The van der Waals surface area contributed by atoms with Gasteiger partial charge in [-0.25, -0.2) is 0 Å². The van der Waals surface area contributed by atoms with E-state index < -0.39 is 0 Å². The molecule has 0 bridgehead atoms. The van der Waals surface area contributed by atoms with Crippen molar-refractivity contribution >= 4 is 38.9 Å². The van der Waals surface area contributed by atoms with Crippen LogP contribution in [0.5, 0.6) is 0 Å². The number of nitrogens with one attached hydrogen (secondary N) is 1. The van der Waals surface area contributed by atoms with Crippen molar-refractivity contribution in [3.63, 3.8) is 0 Å². The van der Waals surface area contributed by atoms with Crippen LogP contribution in [-0.2, 0) is 0 Å². The number of halogens is 2. The summed E-state index contributed by atoms with van der Waals surface area (Å²) in [4.78, 5) is 2.68. The van der Waals surface area contributed by atoms with Gasteiger partial charge in [-0.3, -0.25) is 0 Å². The SMILES string of the molecule is CCNC(c1ccc(-c2cc(Br)ccc2Cl)s1)C1CC1. The highest BCUT2D eigenvalue weighted by Gasteiger charge is 2.32. The van der Waals surface area contributed by atoms with Gasteiger partial charge in [-0.05, 0) is 55.6 Å². The van der Waals surface area contributed by atoms with E-state index in [1.54, 1.807) is 0 Å². The van der Waals surface area contributed by atoms with Crippen molar-refractivity contribution in [3.8, 4) is 10.4 Å². The molecular formula is C16H17BrClNS. The number of hydrogen-bond acceptors (Lipinski definition) is 2. The molecule has 0 amide bonds. The Morgan fingerprint density at radius 3 is 2.85 bits per heavy atom. The smallest absolute Gasteiger partial charge is 0.0493 e. The second-order valence-electron chi connectivity index (χ2n) is 5.20. The highest BCUT2D eigenvalue weighted by molar-refractivity contribution is 9.10. The molecule has 3 rings (SSSR count). The molecule has 1 heterocycles. The van der Waals surface area contributed by atoms with Crippen LogP contribution in [0.1, 0.15) is 30.7 Å². The first kappa shape index (κ1) is 14.6. The Morgan fingerprint density at radius 1 is 1.35 bits per heavy atom. The summed E-state index contributed by atoms with van der Waals surface area (Å²) >= 11 is 11.7. The molecule has 106 valence electrons. The van der Waals surface area contributed by atoms with Crippen LogP contribution in [0.15, 0.2) is 34.8 Å². The normalized spacial score (nSPS) is 16.4. The zero-order chi connectivity index (χ0) is 14.1. The lowest BCUT2D eigenvalue weighted by Gasteiger charge is -2.15. The van der Waals surface area contributed by atoms with Crippen LogP contribution in [0.4, 0.5) is 0 Å². The van der Waals surface area contributed by atoms with Crippen molar-refractivity contribution < 1.29 is 0 Å². The molecule has 1 N–H and O–H groups in total. The van der Waals surface area contributed by atoms with Gasteiger partial charge in [0, 0.05) is 30.9 Å². The van der Waals surface area contributed by atoms with E-state index in [9.17, 15) is 0 Å². The molecule has 4 heteroatoms. The molecule has 2 aromatic rings. The van der Waals surface area contributed by atoms with Gasteiger partial charge in [-0.1, -0.05) is 34.5 Å². The van der Waals surface area contributed by atoms with E-state index >= 15 is 0 Å². The van der Waals surface area contributed by atoms with Crippen molar-refractivity contribution in [1.29, 1.82) is 0 Å². The maximum absolute atomic E-state index is 6.33. The first-order chi connectivity index (χ1) is 9.69. The van der Waals surface area contributed by atoms with Crippen LogP contribution < -0.4 is 5.32 Å². The van der Waals surface area contributed by atoms with Gasteiger partial charge in [0.15, 0.2) is 0 Å². The highest BCUT2D eigenvalue weighted by atomic mass is 79.9. The predicted octanol–water partition coefficient (Wildman–Crippen LogP) is 5.89. The number of rotatable bonds is 5. The minimum atomic E-state index is 0.518. The predicted molar refractivity (Wildman–Crippen MR) is 91.6 cm³/mol. The largest absolute Gasteiger partial charge is 0.309 e. The lowest BCUT2D eigenvalue weighted by Crippen LogP contribution is -2.21. The van der Waals surface area contributed by atoms with Gasteiger partial charge in [0.25, 0.3) is 0 Å². The third-order valence-corrected chi connectivity index (χ3v) is 5.67. The van der Waals surface area contributed by atoms with Gasteiger partial charge in [0.2, 0.25) is 0 Å². The van der Waals surface area contributed by atoms with Gasteiger partial charge in [-0.15, -0.1) is 11.3 Å². The summed E-state index contributed by atoms with van der Waals surface area (Å²) < 4.78 is 1.07. The minimum Gasteiger partial charge on any atom is -0.309 e. The molecular weight excluding hydrogens is 354 g/mol. The minimum absolute atomic E-state index is 0.518. The van der Waals surface area contributed by atoms with Crippen molar-refractivity contribution in [3.05, 3.63) is 44.7 Å². The van der Waals surface area contributed by atoms with E-state index in [0.717, 1.165) is 27.5 Å². The molecule has 1 aromatic carbocycles. The Bertz CT molecular complexity index is 606. The average Bonchev–Trinajstić information content (AvgIpc) is 3.16. The lowest BCUT2D eigenvalue weighted by atomic mass is 10.1. The Balaban J connectivity index is 1.90. The standard InChI is InChI=1S/C16H17BrClNS/c1-2-19-16(10-3-4-10)15-8-7-14(20-15)12-9-11(17)5-6-13(12)18/h5-10,16,19H,2-4H2,1H3. The van der Waals surface area contributed by atoms with Crippen molar-refractivity contribution in [2.45, 2.75) is 25.8 Å². The van der Waals surface area contributed by atoms with E-state index in [2.05, 4.69) is 46.4 Å². The Hall–Kier alpha value is -0.350. The number of thiophene rings is 1. The molecule has 0 spiro atoms. The number of hydrogen-bond donors (Lipinski definition) is 1. The van der Waals surface area contributed by atoms with E-state index in [1.807, 2.05) is 23.5 Å². The van der Waals surface area contributed by atoms with Crippen molar-refractivity contribution in [2.75, 3.05) is 6.54 Å². The van der Waals surface area contributed by atoms with Gasteiger partial charge in [0.05, 0.1) is 0 Å². The molecule has 1 atom stereocenters. The fraction of sp³-hybridized carbons (Fsp3) is 0.375. The van der Waals surface area contributed by atoms with Gasteiger partial charge in [-0.2, -0.15) is 0 Å². The van der Waals surface area contributed by atoms with Crippen molar-refractivity contribution in [2.24, 2.45) is 5.92 Å². The van der Waals surface area contributed by atoms with Gasteiger partial charge < -0.3 is 5.32 Å². The maximum Gasteiger partial charge on any atom is 0.0493 e. The summed E-state index contributed by atoms with van der Waals surface area (Å²) in [5.74, 6) is 0.819. The lowest BCUT2D eigenvalue weighted by molar-refractivity contribution is 0.504. The zero-order valence-corrected chi connectivity index (χ0v) is 14.5. The fourth-order valence-corrected chi connectivity index (χ4v) is 4.34. The van der Waals surface area contributed by atoms with E-state index in [-0.39, 0.29) is 0 Å². The number of benzene rings is 1. The summed E-state index contributed by atoms with van der Waals surface area (Å²) in [6.07, 6.45) is 2.70. The molecule has 0 radical (unpaired) electrons. The molecule has 0 aliphatic heterocycles. The third kappa shape index (κ3) is 3.11. The zero-order valence-electron chi connectivity index (χ0n) is 11.3. The summed E-state index contributed by atoms with van der Waals surface area (Å²) in [6.45, 7) is 3.20. The van der Waals surface area contributed by atoms with Crippen LogP contribution >= 0.6 is 38.9 Å². The molecule has 1 aromatic heterocycles. The maximum atomic E-state index is 6.33. The molecule has 1 fully saturated rings. The van der Waals surface area contributed by atoms with Crippen molar-refractivity contribution in [1.82, 2.24) is 5.32 Å². The Morgan fingerprint density at radius 2 is 2.15 bits per heavy atom. The van der Waals surface area contributed by atoms with Crippen LogP contribution in [-0.4, -0.2) is 6.54 Å². The second-order valence-corrected chi connectivity index (χ2v) is 7.64. The van der Waals surface area contributed by atoms with Crippen LogP contribution in [0.2, 0.25) is 5.02 Å². The van der Waals surface area contributed by atoms with E-state index in [4.69, 9.17) is 11.6 Å². The quantitative estimate of drug-likeness (QED) is 0.691. The molecule has 0 saturated heterocycles. The summed E-state index contributed by atoms with van der Waals surface area (Å²) in [6, 6.07) is 11.0. The first-order valence-electron chi connectivity index (χ1n) is 6.97. The van der Waals surface area contributed by atoms with E-state index in [1.165, 1.54) is 22.6 Å². The highest BCUT2D eigenvalue weighted by Crippen LogP contribution is 2.45.